The molecule has 1 aromatic carbocycles. The summed E-state index contributed by atoms with van der Waals surface area (Å²) in [5.41, 5.74) is 1.30. The van der Waals surface area contributed by atoms with Crippen molar-refractivity contribution in [2.24, 2.45) is 0 Å². The fourth-order valence-corrected chi connectivity index (χ4v) is 2.75. The number of nitrogens with one attached hydrogen (secondary N) is 1. The summed E-state index contributed by atoms with van der Waals surface area (Å²) in [6.07, 6.45) is -6.45. The third-order valence-corrected chi connectivity index (χ3v) is 4.24. The second-order valence-corrected chi connectivity index (χ2v) is 6.21. The van der Waals surface area contributed by atoms with Crippen LogP contribution in [-0.4, -0.2) is 74.5 Å². The van der Waals surface area contributed by atoms with Crippen LogP contribution in [0.25, 0.3) is 0 Å². The van der Waals surface area contributed by atoms with E-state index >= 15 is 0 Å². The van der Waals surface area contributed by atoms with E-state index in [-0.39, 0.29) is 12.8 Å². The summed E-state index contributed by atoms with van der Waals surface area (Å²) in [6.45, 7) is -0.555. The number of aliphatic hydroxyl groups is 4. The van der Waals surface area contributed by atoms with Crippen LogP contribution in [0, 0.1) is 0 Å². The van der Waals surface area contributed by atoms with Crippen molar-refractivity contribution in [2.75, 3.05) is 11.9 Å². The number of carboxylic acid groups (broad SMARTS) is 1. The van der Waals surface area contributed by atoms with Gasteiger partial charge in [-0.2, -0.15) is 0 Å². The van der Waals surface area contributed by atoms with Gasteiger partial charge in [0.05, 0.1) is 19.1 Å². The number of benzene rings is 1. The first-order valence-electron chi connectivity index (χ1n) is 8.23. The second kappa shape index (κ2) is 9.06. The van der Waals surface area contributed by atoms with Crippen molar-refractivity contribution >= 4 is 17.6 Å². The summed E-state index contributed by atoms with van der Waals surface area (Å²) in [5, 5.41) is 49.8. The molecule has 6 N–H and O–H groups in total. The lowest BCUT2D eigenvalue weighted by molar-refractivity contribution is -0.229. The molecule has 26 heavy (non-hydrogen) atoms. The maximum Gasteiger partial charge on any atom is 0.303 e. The number of aliphatic hydroxyl groups excluding tert-OH is 4. The normalized spacial score (nSPS) is 28.5. The Hall–Kier alpha value is -2.04. The average molecular weight is 369 g/mol. The van der Waals surface area contributed by atoms with Crippen molar-refractivity contribution in [2.45, 2.75) is 49.8 Å². The van der Waals surface area contributed by atoms with Crippen LogP contribution < -0.4 is 5.32 Å². The first-order valence-corrected chi connectivity index (χ1v) is 8.23. The average Bonchev–Trinajstić information content (AvgIpc) is 2.61. The Morgan fingerprint density at radius 3 is 2.19 bits per heavy atom. The van der Waals surface area contributed by atoms with Gasteiger partial charge in [0, 0.05) is 12.1 Å². The first kappa shape index (κ1) is 20.3. The molecule has 9 nitrogen and oxygen atoms in total. The molecule has 5 atom stereocenters. The van der Waals surface area contributed by atoms with Crippen LogP contribution in [0.2, 0.25) is 0 Å². The Morgan fingerprint density at radius 1 is 1.00 bits per heavy atom. The number of carbonyl (C=O) groups excluding carboxylic acids is 1. The van der Waals surface area contributed by atoms with Crippen LogP contribution in [0.3, 0.4) is 0 Å². The van der Waals surface area contributed by atoms with Crippen LogP contribution >= 0.6 is 0 Å². The summed E-state index contributed by atoms with van der Waals surface area (Å²) >= 11 is 0. The molecule has 144 valence electrons. The van der Waals surface area contributed by atoms with Gasteiger partial charge in [-0.15, -0.1) is 0 Å². The molecular formula is C17H23NO8. The molecule has 1 aliphatic rings. The van der Waals surface area contributed by atoms with Gasteiger partial charge < -0.3 is 35.6 Å². The van der Waals surface area contributed by atoms with Crippen LogP contribution in [-0.2, 0) is 20.7 Å². The molecule has 1 aliphatic heterocycles. The van der Waals surface area contributed by atoms with Crippen LogP contribution in [0.4, 0.5) is 5.69 Å². The Labute approximate surface area is 149 Å². The Kier molecular flexibility index (Phi) is 7.06. The third kappa shape index (κ3) is 5.23. The number of rotatable bonds is 7. The first-order chi connectivity index (χ1) is 12.3. The number of aliphatic carboxylic acids is 1. The fraction of sp³-hybridized carbons (Fsp3) is 0.529. The third-order valence-electron chi connectivity index (χ3n) is 4.24. The van der Waals surface area contributed by atoms with Crippen molar-refractivity contribution in [1.29, 1.82) is 0 Å². The van der Waals surface area contributed by atoms with Gasteiger partial charge in [0.1, 0.15) is 24.4 Å². The van der Waals surface area contributed by atoms with Gasteiger partial charge in [0.2, 0.25) is 5.91 Å². The van der Waals surface area contributed by atoms with E-state index in [9.17, 15) is 24.9 Å². The van der Waals surface area contributed by atoms with E-state index in [4.69, 9.17) is 14.9 Å². The second-order valence-electron chi connectivity index (χ2n) is 6.21. The summed E-state index contributed by atoms with van der Waals surface area (Å²) < 4.78 is 5.29. The Balaban J connectivity index is 1.90. The highest BCUT2D eigenvalue weighted by molar-refractivity contribution is 5.91. The highest BCUT2D eigenvalue weighted by atomic mass is 16.5. The van der Waals surface area contributed by atoms with Crippen LogP contribution in [0.5, 0.6) is 0 Å². The standard InChI is InChI=1S/C17H23NO8/c19-8-12-16(24)17(25)15(23)11(26-12)7-13(20)18-10-4-1-9(2-5-10)3-6-14(21)22/h1-2,4-5,11-12,15-17,19,23-25H,3,6-8H2,(H,18,20)(H,21,22)/t11-,12+,15+,16+,17+/m0/s1. The monoisotopic (exact) mass is 369 g/mol. The molecule has 0 spiro atoms. The van der Waals surface area contributed by atoms with Gasteiger partial charge in [-0.1, -0.05) is 12.1 Å². The molecule has 2 rings (SSSR count). The Morgan fingerprint density at radius 2 is 1.62 bits per heavy atom. The zero-order valence-electron chi connectivity index (χ0n) is 14.0. The van der Waals surface area contributed by atoms with E-state index in [1.165, 1.54) is 0 Å². The molecule has 0 unspecified atom stereocenters. The van der Waals surface area contributed by atoms with E-state index in [0.717, 1.165) is 5.56 Å². The molecule has 1 fully saturated rings. The van der Waals surface area contributed by atoms with Gasteiger partial charge in [-0.3, -0.25) is 9.59 Å². The predicted molar refractivity (Wildman–Crippen MR) is 89.4 cm³/mol. The van der Waals surface area contributed by atoms with Crippen LogP contribution in [0.15, 0.2) is 24.3 Å². The summed E-state index contributed by atoms with van der Waals surface area (Å²) in [4.78, 5) is 22.7. The molecule has 0 aromatic heterocycles. The maximum absolute atomic E-state index is 12.1. The lowest BCUT2D eigenvalue weighted by Gasteiger charge is -2.39. The lowest BCUT2D eigenvalue weighted by atomic mass is 9.93. The van der Waals surface area contributed by atoms with Gasteiger partial charge in [-0.25, -0.2) is 0 Å². The van der Waals surface area contributed by atoms with Crippen molar-refractivity contribution in [3.05, 3.63) is 29.8 Å². The highest BCUT2D eigenvalue weighted by Crippen LogP contribution is 2.23. The number of hydrogen-bond acceptors (Lipinski definition) is 7. The zero-order valence-corrected chi connectivity index (χ0v) is 14.0. The number of ether oxygens (including phenoxy) is 1. The number of carboxylic acids is 1. The number of carbonyl (C=O) groups is 2. The molecule has 0 bridgehead atoms. The predicted octanol–water partition coefficient (Wildman–Crippen LogP) is -1.13. The van der Waals surface area contributed by atoms with Gasteiger partial charge in [-0.05, 0) is 24.1 Å². The lowest BCUT2D eigenvalue weighted by Crippen LogP contribution is -2.59. The SMILES string of the molecule is O=C(O)CCc1ccc(NC(=O)C[C@@H]2O[C@H](CO)[C@@H](O)[C@H](O)[C@@H]2O)cc1. The summed E-state index contributed by atoms with van der Waals surface area (Å²) in [5.74, 6) is -1.37. The molecule has 0 saturated carbocycles. The summed E-state index contributed by atoms with van der Waals surface area (Å²) in [7, 11) is 0. The number of anilines is 1. The van der Waals surface area contributed by atoms with Crippen molar-refractivity contribution < 1.29 is 39.9 Å². The van der Waals surface area contributed by atoms with E-state index in [1.807, 2.05) is 0 Å². The van der Waals surface area contributed by atoms with Crippen LogP contribution in [0.1, 0.15) is 18.4 Å². The quantitative estimate of drug-likeness (QED) is 0.353. The fourth-order valence-electron chi connectivity index (χ4n) is 2.75. The summed E-state index contributed by atoms with van der Waals surface area (Å²) in [6, 6.07) is 6.66. The van der Waals surface area contributed by atoms with E-state index in [0.29, 0.717) is 12.1 Å². The zero-order chi connectivity index (χ0) is 19.3. The van der Waals surface area contributed by atoms with Gasteiger partial charge in [0.25, 0.3) is 0 Å². The minimum absolute atomic E-state index is 0.0167. The Bertz CT molecular complexity index is 618. The van der Waals surface area contributed by atoms with E-state index in [1.54, 1.807) is 24.3 Å². The number of amides is 1. The molecule has 1 saturated heterocycles. The largest absolute Gasteiger partial charge is 0.481 e. The number of aryl methyl sites for hydroxylation is 1. The highest BCUT2D eigenvalue weighted by Gasteiger charge is 2.43. The van der Waals surface area contributed by atoms with Crippen molar-refractivity contribution in [1.82, 2.24) is 0 Å². The van der Waals surface area contributed by atoms with Gasteiger partial charge in [0.15, 0.2) is 0 Å². The topological polar surface area (TPSA) is 157 Å². The van der Waals surface area contributed by atoms with E-state index < -0.39 is 49.0 Å². The minimum atomic E-state index is -1.52. The molecule has 0 radical (unpaired) electrons. The van der Waals surface area contributed by atoms with Gasteiger partial charge >= 0.3 is 5.97 Å². The van der Waals surface area contributed by atoms with Crippen molar-refractivity contribution in [3.8, 4) is 0 Å². The molecular weight excluding hydrogens is 346 g/mol. The molecule has 9 heteroatoms. The number of hydrogen-bond donors (Lipinski definition) is 6. The molecule has 1 heterocycles. The van der Waals surface area contributed by atoms with Crippen molar-refractivity contribution in [3.63, 3.8) is 0 Å². The molecule has 0 aliphatic carbocycles. The van der Waals surface area contributed by atoms with E-state index in [2.05, 4.69) is 5.32 Å². The minimum Gasteiger partial charge on any atom is -0.481 e. The molecule has 1 amide bonds. The smallest absolute Gasteiger partial charge is 0.303 e. The maximum atomic E-state index is 12.1. The molecule has 1 aromatic rings.